The van der Waals surface area contributed by atoms with Gasteiger partial charge in [0.05, 0.1) is 6.54 Å². The first-order valence-electron chi connectivity index (χ1n) is 23.5. The van der Waals surface area contributed by atoms with Gasteiger partial charge in [-0.15, -0.1) is 0 Å². The second-order valence-electron chi connectivity index (χ2n) is 18.6. The number of amides is 3. The molecule has 60 heavy (non-hydrogen) atoms. The van der Waals surface area contributed by atoms with Gasteiger partial charge in [0.1, 0.15) is 17.3 Å². The lowest BCUT2D eigenvalue weighted by Gasteiger charge is -2.33. The van der Waals surface area contributed by atoms with E-state index in [2.05, 4.69) is 45.7 Å². The van der Waals surface area contributed by atoms with Crippen LogP contribution in [0.1, 0.15) is 145 Å². The van der Waals surface area contributed by atoms with Crippen molar-refractivity contribution < 1.29 is 28.8 Å². The van der Waals surface area contributed by atoms with E-state index in [-0.39, 0.29) is 73.7 Å². The Morgan fingerprint density at radius 2 is 1.13 bits per heavy atom. The Labute approximate surface area is 363 Å². The van der Waals surface area contributed by atoms with Gasteiger partial charge < -0.3 is 43.4 Å². The normalized spacial score (nSPS) is 17.4. The van der Waals surface area contributed by atoms with E-state index in [4.69, 9.17) is 11.5 Å². The molecule has 1 aliphatic carbocycles. The van der Waals surface area contributed by atoms with Crippen LogP contribution in [0.2, 0.25) is 0 Å². The minimum absolute atomic E-state index is 0.0602. The highest BCUT2D eigenvalue weighted by atomic mass is 16.2. The number of Topliss-reactive ketones (excluding diaryl/α,β-unsaturated/α-hetero) is 3. The number of carbonyl (C=O) groups is 6. The summed E-state index contributed by atoms with van der Waals surface area (Å²) in [6.07, 6.45) is 11.0. The lowest BCUT2D eigenvalue weighted by molar-refractivity contribution is -0.139. The third kappa shape index (κ3) is 22.9. The van der Waals surface area contributed by atoms with Gasteiger partial charge in [-0.25, -0.2) is 0 Å². The summed E-state index contributed by atoms with van der Waals surface area (Å²) in [5.74, 6) is -2.01. The first-order chi connectivity index (χ1) is 28.5. The molecule has 0 aromatic carbocycles. The molecule has 0 saturated heterocycles. The SMILES string of the molecule is CCCCNCC(=O)C(CC(=O)NCCNCCN)CC(C)(C)C(=O)CC(CC(C)(C)C(=O)C(CC)CC(=O)NCC1CCC(CCCC)CC1)C(=O)NCCNCCN. The summed E-state index contributed by atoms with van der Waals surface area (Å²) < 4.78 is 0. The van der Waals surface area contributed by atoms with Gasteiger partial charge in [0.15, 0.2) is 0 Å². The fraction of sp³-hybridized carbons (Fsp3) is 0.870. The number of unbranched alkanes of at least 4 members (excludes halogenated alkanes) is 2. The molecule has 0 bridgehead atoms. The van der Waals surface area contributed by atoms with Gasteiger partial charge in [-0.05, 0) is 56.9 Å². The van der Waals surface area contributed by atoms with Gasteiger partial charge in [0.2, 0.25) is 17.7 Å². The van der Waals surface area contributed by atoms with Crippen LogP contribution in [-0.2, 0) is 28.8 Å². The Bertz CT molecular complexity index is 1270. The highest BCUT2D eigenvalue weighted by molar-refractivity contribution is 5.94. The van der Waals surface area contributed by atoms with Crippen LogP contribution >= 0.6 is 0 Å². The van der Waals surface area contributed by atoms with Crippen molar-refractivity contribution in [3.63, 3.8) is 0 Å². The lowest BCUT2D eigenvalue weighted by atomic mass is 9.70. The Hall–Kier alpha value is -2.78. The fourth-order valence-corrected chi connectivity index (χ4v) is 8.37. The average Bonchev–Trinajstić information content (AvgIpc) is 3.21. The van der Waals surface area contributed by atoms with Crippen LogP contribution in [0.4, 0.5) is 0 Å². The molecule has 1 saturated carbocycles. The van der Waals surface area contributed by atoms with E-state index in [1.165, 1.54) is 32.1 Å². The zero-order chi connectivity index (χ0) is 45.0. The van der Waals surface area contributed by atoms with Crippen LogP contribution in [0.15, 0.2) is 0 Å². The molecule has 14 heteroatoms. The summed E-state index contributed by atoms with van der Waals surface area (Å²) in [5, 5.41) is 18.4. The van der Waals surface area contributed by atoms with E-state index >= 15 is 0 Å². The Morgan fingerprint density at radius 1 is 0.583 bits per heavy atom. The Morgan fingerprint density at radius 3 is 1.72 bits per heavy atom. The Balaban J connectivity index is 3.12. The summed E-state index contributed by atoms with van der Waals surface area (Å²) in [4.78, 5) is 82.1. The van der Waals surface area contributed by atoms with Gasteiger partial charge in [-0.2, -0.15) is 0 Å². The minimum atomic E-state index is -1.05. The van der Waals surface area contributed by atoms with Gasteiger partial charge in [-0.3, -0.25) is 28.8 Å². The largest absolute Gasteiger partial charge is 0.356 e. The number of rotatable bonds is 36. The van der Waals surface area contributed by atoms with E-state index in [0.717, 1.165) is 31.6 Å². The second kappa shape index (κ2) is 31.1. The van der Waals surface area contributed by atoms with E-state index in [1.54, 1.807) is 27.7 Å². The Kier molecular flexibility index (Phi) is 28.6. The standard InChI is InChI=1S/C46H88N8O6/c1-8-11-13-34-14-16-35(17-15-34)32-54-42(58)28-36(10-3)43(59)46(6,7)31-38(44(60)53-26-24-50-22-19-48)27-40(56)45(4,5)30-37(39(55)33-51-20-12-9-2)29-41(57)52-25-23-49-21-18-47/h34-38,49-51H,8-33,47-48H2,1-7H3,(H,52,57)(H,53,60)(H,54,58). The second-order valence-corrected chi connectivity index (χ2v) is 18.6. The smallest absolute Gasteiger partial charge is 0.223 e. The predicted octanol–water partition coefficient (Wildman–Crippen LogP) is 3.79. The minimum Gasteiger partial charge on any atom is -0.356 e. The van der Waals surface area contributed by atoms with E-state index in [1.807, 2.05) is 6.92 Å². The molecule has 1 rings (SSSR count). The molecule has 0 aromatic heterocycles. The molecule has 3 atom stereocenters. The molecular formula is C46H88N8O6. The van der Waals surface area contributed by atoms with Crippen LogP contribution < -0.4 is 43.4 Å². The zero-order valence-electron chi connectivity index (χ0n) is 38.9. The van der Waals surface area contributed by atoms with Crippen LogP contribution in [0.25, 0.3) is 0 Å². The third-order valence-corrected chi connectivity index (χ3v) is 12.3. The van der Waals surface area contributed by atoms with Crippen LogP contribution in [-0.4, -0.2) is 107 Å². The first-order valence-corrected chi connectivity index (χ1v) is 23.5. The quantitative estimate of drug-likeness (QED) is 0.0424. The number of carbonyl (C=O) groups excluding carboxylic acids is 6. The summed E-state index contributed by atoms with van der Waals surface area (Å²) >= 11 is 0. The topological polar surface area (TPSA) is 227 Å². The van der Waals surface area contributed by atoms with E-state index in [0.29, 0.717) is 77.8 Å². The summed E-state index contributed by atoms with van der Waals surface area (Å²) in [5.41, 5.74) is 9.07. The summed E-state index contributed by atoms with van der Waals surface area (Å²) in [6, 6.07) is 0. The molecule has 10 N–H and O–H groups in total. The van der Waals surface area contributed by atoms with Crippen LogP contribution in [0, 0.1) is 40.4 Å². The van der Waals surface area contributed by atoms with Crippen molar-refractivity contribution in [2.45, 2.75) is 145 Å². The number of ketones is 3. The fourth-order valence-electron chi connectivity index (χ4n) is 8.37. The number of nitrogens with one attached hydrogen (secondary N) is 6. The van der Waals surface area contributed by atoms with Crippen LogP contribution in [0.3, 0.4) is 0 Å². The van der Waals surface area contributed by atoms with Gasteiger partial charge in [0.25, 0.3) is 0 Å². The number of hydrogen-bond donors (Lipinski definition) is 8. The maximum atomic E-state index is 14.3. The van der Waals surface area contributed by atoms with Crippen molar-refractivity contribution in [1.29, 1.82) is 0 Å². The number of hydrogen-bond acceptors (Lipinski definition) is 11. The summed E-state index contributed by atoms with van der Waals surface area (Å²) in [7, 11) is 0. The third-order valence-electron chi connectivity index (χ3n) is 12.3. The van der Waals surface area contributed by atoms with Crippen molar-refractivity contribution in [2.75, 3.05) is 72.0 Å². The molecule has 0 heterocycles. The molecule has 348 valence electrons. The molecule has 1 aliphatic rings. The summed E-state index contributed by atoms with van der Waals surface area (Å²) in [6.45, 7) is 18.6. The van der Waals surface area contributed by atoms with E-state index < -0.39 is 28.6 Å². The van der Waals surface area contributed by atoms with Crippen molar-refractivity contribution >= 4 is 35.1 Å². The molecule has 0 aliphatic heterocycles. The van der Waals surface area contributed by atoms with Crippen LogP contribution in [0.5, 0.6) is 0 Å². The molecule has 3 unspecified atom stereocenters. The molecular weight excluding hydrogens is 761 g/mol. The highest BCUT2D eigenvalue weighted by Crippen LogP contribution is 2.37. The first kappa shape index (κ1) is 55.2. The van der Waals surface area contributed by atoms with Gasteiger partial charge >= 0.3 is 0 Å². The predicted molar refractivity (Wildman–Crippen MR) is 242 cm³/mol. The monoisotopic (exact) mass is 849 g/mol. The van der Waals surface area contributed by atoms with Crippen molar-refractivity contribution in [1.82, 2.24) is 31.9 Å². The molecule has 0 aromatic rings. The average molecular weight is 849 g/mol. The maximum absolute atomic E-state index is 14.3. The lowest BCUT2D eigenvalue weighted by Crippen LogP contribution is -2.43. The molecule has 14 nitrogen and oxygen atoms in total. The number of nitrogens with two attached hydrogens (primary N) is 2. The van der Waals surface area contributed by atoms with Gasteiger partial charge in [0, 0.05) is 107 Å². The van der Waals surface area contributed by atoms with Crippen molar-refractivity contribution in [3.05, 3.63) is 0 Å². The van der Waals surface area contributed by atoms with E-state index in [9.17, 15) is 28.8 Å². The molecule has 0 radical (unpaired) electrons. The van der Waals surface area contributed by atoms with Crippen molar-refractivity contribution in [3.8, 4) is 0 Å². The molecule has 0 spiro atoms. The molecule has 3 amide bonds. The maximum Gasteiger partial charge on any atom is 0.223 e. The highest BCUT2D eigenvalue weighted by Gasteiger charge is 2.41. The van der Waals surface area contributed by atoms with Gasteiger partial charge in [-0.1, -0.05) is 87.0 Å². The molecule has 1 fully saturated rings. The van der Waals surface area contributed by atoms with Crippen molar-refractivity contribution in [2.24, 2.45) is 51.9 Å². The zero-order valence-corrected chi connectivity index (χ0v) is 38.9.